The number of unbranched alkanes of at least 4 members (excludes halogenated alkanes) is 1. The van der Waals surface area contributed by atoms with Crippen molar-refractivity contribution in [2.45, 2.75) is 58.0 Å². The van der Waals surface area contributed by atoms with Crippen LogP contribution in [0, 0.1) is 0 Å². The summed E-state index contributed by atoms with van der Waals surface area (Å²) in [5.41, 5.74) is 1.11. The molecule has 0 aliphatic carbocycles. The number of nitrogens with zero attached hydrogens (tertiary/aromatic N) is 1. The van der Waals surface area contributed by atoms with E-state index >= 15 is 0 Å². The Balaban J connectivity index is 1.94. The third-order valence-electron chi connectivity index (χ3n) is 4.74. The molecule has 0 saturated carbocycles. The van der Waals surface area contributed by atoms with Gasteiger partial charge < -0.3 is 15.5 Å². The standard InChI is InChI=1S/C20H31N3O2/c1-4-5-12-23(3)20(25)17-9-6-8-16(14-17)19(24)22-15(2)13-18-10-7-11-21-18/h6,8-9,14-15,18,21H,4-5,7,10-13H2,1-3H3,(H,22,24)/t15-,18+/m0/s1. The van der Waals surface area contributed by atoms with Gasteiger partial charge in [0.15, 0.2) is 0 Å². The van der Waals surface area contributed by atoms with E-state index in [0.29, 0.717) is 17.2 Å². The zero-order valence-corrected chi connectivity index (χ0v) is 15.7. The first kappa shape index (κ1) is 19.4. The lowest BCUT2D eigenvalue weighted by molar-refractivity contribution is 0.0793. The molecule has 5 heteroatoms. The van der Waals surface area contributed by atoms with Crippen LogP contribution in [0.4, 0.5) is 0 Å². The second-order valence-corrected chi connectivity index (χ2v) is 7.06. The second kappa shape index (κ2) is 9.56. The molecule has 0 radical (unpaired) electrons. The van der Waals surface area contributed by atoms with Gasteiger partial charge in [0, 0.05) is 36.8 Å². The van der Waals surface area contributed by atoms with Crippen LogP contribution in [-0.4, -0.2) is 48.9 Å². The highest BCUT2D eigenvalue weighted by Gasteiger charge is 2.19. The van der Waals surface area contributed by atoms with E-state index in [1.807, 2.05) is 6.92 Å². The molecule has 1 saturated heterocycles. The number of nitrogens with one attached hydrogen (secondary N) is 2. The summed E-state index contributed by atoms with van der Waals surface area (Å²) in [6.07, 6.45) is 5.35. The van der Waals surface area contributed by atoms with Gasteiger partial charge in [0.2, 0.25) is 0 Å². The predicted molar refractivity (Wildman–Crippen MR) is 101 cm³/mol. The number of carbonyl (C=O) groups is 2. The molecule has 1 fully saturated rings. The highest BCUT2D eigenvalue weighted by atomic mass is 16.2. The Bertz CT molecular complexity index is 582. The van der Waals surface area contributed by atoms with E-state index < -0.39 is 0 Å². The van der Waals surface area contributed by atoms with Gasteiger partial charge in [-0.2, -0.15) is 0 Å². The minimum atomic E-state index is -0.114. The molecule has 2 rings (SSSR count). The monoisotopic (exact) mass is 345 g/mol. The van der Waals surface area contributed by atoms with Crippen molar-refractivity contribution in [2.75, 3.05) is 20.1 Å². The summed E-state index contributed by atoms with van der Waals surface area (Å²) in [6.45, 7) is 5.94. The Morgan fingerprint density at radius 3 is 2.80 bits per heavy atom. The van der Waals surface area contributed by atoms with E-state index in [1.54, 1.807) is 36.2 Å². The van der Waals surface area contributed by atoms with Crippen molar-refractivity contribution < 1.29 is 9.59 Å². The summed E-state index contributed by atoms with van der Waals surface area (Å²) in [7, 11) is 1.81. The van der Waals surface area contributed by atoms with Crippen LogP contribution in [0.5, 0.6) is 0 Å². The number of amides is 2. The summed E-state index contributed by atoms with van der Waals surface area (Å²) in [5.74, 6) is -0.150. The molecule has 0 spiro atoms. The normalized spacial score (nSPS) is 18.0. The van der Waals surface area contributed by atoms with Crippen LogP contribution in [-0.2, 0) is 0 Å². The fourth-order valence-corrected chi connectivity index (χ4v) is 3.26. The van der Waals surface area contributed by atoms with Gasteiger partial charge in [-0.25, -0.2) is 0 Å². The van der Waals surface area contributed by atoms with Gasteiger partial charge in [0.1, 0.15) is 0 Å². The molecule has 25 heavy (non-hydrogen) atoms. The Labute approximate surface area is 151 Å². The number of carbonyl (C=O) groups excluding carboxylic acids is 2. The molecule has 0 unspecified atom stereocenters. The van der Waals surface area contributed by atoms with E-state index in [-0.39, 0.29) is 17.9 Å². The largest absolute Gasteiger partial charge is 0.350 e. The second-order valence-electron chi connectivity index (χ2n) is 7.06. The van der Waals surface area contributed by atoms with Crippen LogP contribution in [0.2, 0.25) is 0 Å². The SMILES string of the molecule is CCCCN(C)C(=O)c1cccc(C(=O)N[C@@H](C)C[C@H]2CCCN2)c1. The van der Waals surface area contributed by atoms with Gasteiger partial charge >= 0.3 is 0 Å². The highest BCUT2D eigenvalue weighted by Crippen LogP contribution is 2.12. The van der Waals surface area contributed by atoms with Gasteiger partial charge in [-0.15, -0.1) is 0 Å². The summed E-state index contributed by atoms with van der Waals surface area (Å²) in [6, 6.07) is 7.61. The molecule has 1 heterocycles. The van der Waals surface area contributed by atoms with Gasteiger partial charge in [0.25, 0.3) is 11.8 Å². The molecular weight excluding hydrogens is 314 g/mol. The van der Waals surface area contributed by atoms with Crippen molar-refractivity contribution in [1.29, 1.82) is 0 Å². The number of hydrogen-bond donors (Lipinski definition) is 2. The average molecular weight is 345 g/mol. The number of hydrogen-bond acceptors (Lipinski definition) is 3. The van der Waals surface area contributed by atoms with Crippen LogP contribution in [0.1, 0.15) is 66.7 Å². The van der Waals surface area contributed by atoms with Crippen LogP contribution in [0.15, 0.2) is 24.3 Å². The fourth-order valence-electron chi connectivity index (χ4n) is 3.26. The van der Waals surface area contributed by atoms with Gasteiger partial charge in [-0.3, -0.25) is 9.59 Å². The van der Waals surface area contributed by atoms with Gasteiger partial charge in [-0.05, 0) is 57.4 Å². The smallest absolute Gasteiger partial charge is 0.253 e. The molecule has 5 nitrogen and oxygen atoms in total. The van der Waals surface area contributed by atoms with Crippen molar-refractivity contribution in [2.24, 2.45) is 0 Å². The third kappa shape index (κ3) is 5.85. The molecule has 2 amide bonds. The third-order valence-corrected chi connectivity index (χ3v) is 4.74. The minimum absolute atomic E-state index is 0.0358. The molecule has 0 aromatic heterocycles. The van der Waals surface area contributed by atoms with Crippen molar-refractivity contribution in [3.05, 3.63) is 35.4 Å². The van der Waals surface area contributed by atoms with Crippen LogP contribution < -0.4 is 10.6 Å². The molecule has 1 aromatic carbocycles. The van der Waals surface area contributed by atoms with E-state index in [4.69, 9.17) is 0 Å². The summed E-state index contributed by atoms with van der Waals surface area (Å²) in [5, 5.41) is 6.50. The van der Waals surface area contributed by atoms with Crippen LogP contribution >= 0.6 is 0 Å². The first-order valence-electron chi connectivity index (χ1n) is 9.41. The topological polar surface area (TPSA) is 61.4 Å². The van der Waals surface area contributed by atoms with E-state index in [2.05, 4.69) is 17.6 Å². The highest BCUT2D eigenvalue weighted by molar-refractivity contribution is 5.99. The minimum Gasteiger partial charge on any atom is -0.350 e. The van der Waals surface area contributed by atoms with Crippen molar-refractivity contribution >= 4 is 11.8 Å². The Morgan fingerprint density at radius 1 is 1.36 bits per heavy atom. The molecule has 1 aromatic rings. The fraction of sp³-hybridized carbons (Fsp3) is 0.600. The van der Waals surface area contributed by atoms with E-state index in [1.165, 1.54) is 12.8 Å². The molecule has 1 aliphatic rings. The molecule has 1 aliphatic heterocycles. The van der Waals surface area contributed by atoms with E-state index in [9.17, 15) is 9.59 Å². The van der Waals surface area contributed by atoms with Crippen molar-refractivity contribution in [1.82, 2.24) is 15.5 Å². The molecule has 2 N–H and O–H groups in total. The predicted octanol–water partition coefficient (Wildman–Crippen LogP) is 2.82. The zero-order valence-electron chi connectivity index (χ0n) is 15.7. The first-order valence-corrected chi connectivity index (χ1v) is 9.41. The summed E-state index contributed by atoms with van der Waals surface area (Å²) in [4.78, 5) is 26.7. The quantitative estimate of drug-likeness (QED) is 0.762. The van der Waals surface area contributed by atoms with Gasteiger partial charge in [0.05, 0.1) is 0 Å². The summed E-state index contributed by atoms with van der Waals surface area (Å²) >= 11 is 0. The lowest BCUT2D eigenvalue weighted by atomic mass is 10.1. The van der Waals surface area contributed by atoms with Gasteiger partial charge in [-0.1, -0.05) is 19.4 Å². The molecule has 2 atom stereocenters. The zero-order chi connectivity index (χ0) is 18.2. The van der Waals surface area contributed by atoms with Crippen molar-refractivity contribution in [3.8, 4) is 0 Å². The maximum atomic E-state index is 12.5. The lowest BCUT2D eigenvalue weighted by Crippen LogP contribution is -2.37. The lowest BCUT2D eigenvalue weighted by Gasteiger charge is -2.19. The molecule has 0 bridgehead atoms. The maximum absolute atomic E-state index is 12.5. The van der Waals surface area contributed by atoms with Crippen molar-refractivity contribution in [3.63, 3.8) is 0 Å². The molecular formula is C20H31N3O2. The number of benzene rings is 1. The van der Waals surface area contributed by atoms with E-state index in [0.717, 1.165) is 32.4 Å². The van der Waals surface area contributed by atoms with Crippen LogP contribution in [0.25, 0.3) is 0 Å². The summed E-state index contributed by atoms with van der Waals surface area (Å²) < 4.78 is 0. The Morgan fingerprint density at radius 2 is 2.12 bits per heavy atom. The Hall–Kier alpha value is -1.88. The average Bonchev–Trinajstić information content (AvgIpc) is 3.11. The first-order chi connectivity index (χ1) is 12.0. The molecule has 138 valence electrons. The van der Waals surface area contributed by atoms with Crippen LogP contribution in [0.3, 0.4) is 0 Å². The number of rotatable bonds is 8. The maximum Gasteiger partial charge on any atom is 0.253 e. The Kier molecular flexibility index (Phi) is 7.44.